The van der Waals surface area contributed by atoms with E-state index in [4.69, 9.17) is 21.4 Å². The normalized spacial score (nSPS) is 11.8. The number of rotatable bonds is 12. The lowest BCUT2D eigenvalue weighted by molar-refractivity contribution is -0.136. The number of hydrogen-bond acceptors (Lipinski definition) is 5. The molecule has 0 radical (unpaired) electrons. The number of amides is 1. The summed E-state index contributed by atoms with van der Waals surface area (Å²) in [6.07, 6.45) is 1.53. The Morgan fingerprint density at radius 3 is 2.62 bits per heavy atom. The Labute approximate surface area is 238 Å². The molecule has 8 heteroatoms. The Bertz CT molecular complexity index is 1460. The summed E-state index contributed by atoms with van der Waals surface area (Å²) in [4.78, 5) is 30.1. The number of aromatic nitrogens is 1. The third kappa shape index (κ3) is 7.97. The molecule has 0 saturated carbocycles. The average Bonchev–Trinajstić information content (AvgIpc) is 2.93. The van der Waals surface area contributed by atoms with Gasteiger partial charge in [0.2, 0.25) is 0 Å². The zero-order valence-electron chi connectivity index (χ0n) is 22.0. The maximum Gasteiger partial charge on any atom is 0.304 e. The van der Waals surface area contributed by atoms with Gasteiger partial charge >= 0.3 is 5.97 Å². The molecule has 1 amide bonds. The van der Waals surface area contributed by atoms with Crippen LogP contribution in [-0.2, 0) is 17.8 Å². The number of hydrogen-bond donors (Lipinski definition) is 1. The van der Waals surface area contributed by atoms with Crippen LogP contribution in [0.1, 0.15) is 45.3 Å². The molecule has 0 fully saturated rings. The lowest BCUT2D eigenvalue weighted by Gasteiger charge is -2.19. The van der Waals surface area contributed by atoms with E-state index in [2.05, 4.69) is 4.98 Å². The molecular weight excluding hydrogens is 532 g/mol. The summed E-state index contributed by atoms with van der Waals surface area (Å²) in [5, 5.41) is 10.9. The number of carboxylic acid groups (broad SMARTS) is 1. The molecule has 0 spiro atoms. The van der Waals surface area contributed by atoms with Crippen molar-refractivity contribution in [2.75, 3.05) is 19.8 Å². The molecule has 0 saturated heterocycles. The number of nitrogens with zero attached hydrogens (tertiary/aromatic N) is 2. The number of carbonyl (C=O) groups excluding carboxylic acids is 1. The number of carboxylic acids is 1. The number of pyridine rings is 1. The van der Waals surface area contributed by atoms with E-state index < -0.39 is 5.97 Å². The Balaban J connectivity index is 1.49. The maximum absolute atomic E-state index is 12.7. The standard InChI is InChI=1S/C31H31ClN2O4S/c1-34(2)31(37)27-9-4-3-6-21(27)12-15-29(39-17-16-30(35)36)23-7-5-8-26(18-23)38-20-25-14-11-22-10-13-24(32)19-28(22)33-25/h3-11,13-14,18-19,29H,12,15-17,20H2,1-2H3,(H,35,36). The molecule has 39 heavy (non-hydrogen) atoms. The monoisotopic (exact) mass is 562 g/mol. The minimum atomic E-state index is -0.815. The summed E-state index contributed by atoms with van der Waals surface area (Å²) in [5.41, 5.74) is 4.34. The van der Waals surface area contributed by atoms with Crippen molar-refractivity contribution in [1.82, 2.24) is 9.88 Å². The second-order valence-electron chi connectivity index (χ2n) is 9.40. The van der Waals surface area contributed by atoms with Crippen molar-refractivity contribution in [2.24, 2.45) is 0 Å². The van der Waals surface area contributed by atoms with Gasteiger partial charge in [0.05, 0.1) is 17.6 Å². The van der Waals surface area contributed by atoms with Gasteiger partial charge in [-0.15, -0.1) is 0 Å². The molecule has 4 aromatic rings. The number of ether oxygens (including phenoxy) is 1. The SMILES string of the molecule is CN(C)C(=O)c1ccccc1CCC(SCCC(=O)O)c1cccc(OCc2ccc3ccc(Cl)cc3n2)c1. The predicted octanol–water partition coefficient (Wildman–Crippen LogP) is 7.05. The lowest BCUT2D eigenvalue weighted by Crippen LogP contribution is -2.23. The number of aryl methyl sites for hydroxylation is 1. The third-order valence-corrected chi connectivity index (χ3v) is 7.88. The Morgan fingerprint density at radius 2 is 1.82 bits per heavy atom. The fourth-order valence-electron chi connectivity index (χ4n) is 4.28. The van der Waals surface area contributed by atoms with Crippen molar-refractivity contribution < 1.29 is 19.4 Å². The fourth-order valence-corrected chi connectivity index (χ4v) is 5.65. The second-order valence-corrected chi connectivity index (χ2v) is 11.1. The molecule has 6 nitrogen and oxygen atoms in total. The van der Waals surface area contributed by atoms with Gasteiger partial charge in [-0.2, -0.15) is 11.8 Å². The van der Waals surface area contributed by atoms with Crippen LogP contribution >= 0.6 is 23.4 Å². The number of carbonyl (C=O) groups is 2. The summed E-state index contributed by atoms with van der Waals surface area (Å²) in [7, 11) is 3.50. The summed E-state index contributed by atoms with van der Waals surface area (Å²) in [6.45, 7) is 0.308. The quantitative estimate of drug-likeness (QED) is 0.199. The molecular formula is C31H31ClN2O4S. The zero-order valence-corrected chi connectivity index (χ0v) is 23.5. The van der Waals surface area contributed by atoms with Crippen LogP contribution in [-0.4, -0.2) is 46.7 Å². The maximum atomic E-state index is 12.7. The van der Waals surface area contributed by atoms with Gasteiger partial charge in [0, 0.05) is 41.1 Å². The fraction of sp³-hybridized carbons (Fsp3) is 0.258. The van der Waals surface area contributed by atoms with Gasteiger partial charge in [0.15, 0.2) is 0 Å². The summed E-state index contributed by atoms with van der Waals surface area (Å²) < 4.78 is 6.10. The number of thioether (sulfide) groups is 1. The smallest absolute Gasteiger partial charge is 0.304 e. The molecule has 0 bridgehead atoms. The molecule has 4 rings (SSSR count). The van der Waals surface area contributed by atoms with Gasteiger partial charge in [-0.1, -0.05) is 54.1 Å². The lowest BCUT2D eigenvalue weighted by atomic mass is 9.98. The van der Waals surface area contributed by atoms with Gasteiger partial charge in [-0.05, 0) is 60.4 Å². The molecule has 0 aliphatic heterocycles. The van der Waals surface area contributed by atoms with Crippen LogP contribution in [0.25, 0.3) is 10.9 Å². The van der Waals surface area contributed by atoms with Crippen molar-refractivity contribution in [2.45, 2.75) is 31.1 Å². The minimum Gasteiger partial charge on any atom is -0.487 e. The van der Waals surface area contributed by atoms with Gasteiger partial charge in [-0.25, -0.2) is 4.98 Å². The minimum absolute atomic E-state index is 0.0272. The number of halogens is 1. The Kier molecular flexibility index (Phi) is 9.85. The second kappa shape index (κ2) is 13.5. The van der Waals surface area contributed by atoms with E-state index in [0.29, 0.717) is 35.1 Å². The predicted molar refractivity (Wildman–Crippen MR) is 158 cm³/mol. The van der Waals surface area contributed by atoms with Crippen molar-refractivity contribution in [3.63, 3.8) is 0 Å². The van der Waals surface area contributed by atoms with Crippen LogP contribution < -0.4 is 4.74 Å². The molecule has 0 aliphatic carbocycles. The van der Waals surface area contributed by atoms with Gasteiger partial charge in [0.25, 0.3) is 5.91 Å². The highest BCUT2D eigenvalue weighted by Crippen LogP contribution is 2.36. The van der Waals surface area contributed by atoms with Crippen LogP contribution in [0.4, 0.5) is 0 Å². The van der Waals surface area contributed by atoms with E-state index in [-0.39, 0.29) is 17.6 Å². The van der Waals surface area contributed by atoms with Crippen LogP contribution in [0.3, 0.4) is 0 Å². The molecule has 1 aromatic heterocycles. The first-order valence-corrected chi connectivity index (χ1v) is 14.1. The van der Waals surface area contributed by atoms with Crippen LogP contribution in [0.15, 0.2) is 78.9 Å². The summed E-state index contributed by atoms with van der Waals surface area (Å²) >= 11 is 7.73. The molecule has 1 heterocycles. The van der Waals surface area contributed by atoms with Crippen LogP contribution in [0.5, 0.6) is 5.75 Å². The topological polar surface area (TPSA) is 79.7 Å². The van der Waals surface area contributed by atoms with Crippen molar-refractivity contribution in [3.8, 4) is 5.75 Å². The number of benzene rings is 3. The molecule has 3 aromatic carbocycles. The number of aliphatic carboxylic acids is 1. The van der Waals surface area contributed by atoms with Crippen LogP contribution in [0, 0.1) is 0 Å². The Morgan fingerprint density at radius 1 is 1.03 bits per heavy atom. The summed E-state index contributed by atoms with van der Waals surface area (Å²) in [6, 6.07) is 25.1. The van der Waals surface area contributed by atoms with Crippen molar-refractivity contribution >= 4 is 46.1 Å². The van der Waals surface area contributed by atoms with Crippen molar-refractivity contribution in [1.29, 1.82) is 0 Å². The molecule has 202 valence electrons. The average molecular weight is 563 g/mol. The van der Waals surface area contributed by atoms with E-state index in [1.807, 2.05) is 78.9 Å². The van der Waals surface area contributed by atoms with Gasteiger partial charge < -0.3 is 14.7 Å². The number of fused-ring (bicyclic) bond motifs is 1. The van der Waals surface area contributed by atoms with E-state index >= 15 is 0 Å². The Hall–Kier alpha value is -3.55. The molecule has 1 N–H and O–H groups in total. The van der Waals surface area contributed by atoms with E-state index in [1.165, 1.54) is 0 Å². The first-order valence-electron chi connectivity index (χ1n) is 12.7. The first kappa shape index (κ1) is 28.5. The zero-order chi connectivity index (χ0) is 27.8. The van der Waals surface area contributed by atoms with E-state index in [9.17, 15) is 9.59 Å². The van der Waals surface area contributed by atoms with Gasteiger partial charge in [-0.3, -0.25) is 9.59 Å². The van der Waals surface area contributed by atoms with E-state index in [0.717, 1.165) is 34.1 Å². The molecule has 1 atom stereocenters. The van der Waals surface area contributed by atoms with E-state index in [1.54, 1.807) is 30.8 Å². The van der Waals surface area contributed by atoms with Crippen LogP contribution in [0.2, 0.25) is 5.02 Å². The first-order chi connectivity index (χ1) is 18.8. The summed E-state index contributed by atoms with van der Waals surface area (Å²) in [5.74, 6) is 0.366. The largest absolute Gasteiger partial charge is 0.487 e. The highest BCUT2D eigenvalue weighted by atomic mass is 35.5. The van der Waals surface area contributed by atoms with Crippen molar-refractivity contribution in [3.05, 3.63) is 106 Å². The third-order valence-electron chi connectivity index (χ3n) is 6.29. The highest BCUT2D eigenvalue weighted by molar-refractivity contribution is 7.99. The molecule has 1 unspecified atom stereocenters. The van der Waals surface area contributed by atoms with Gasteiger partial charge in [0.1, 0.15) is 12.4 Å². The molecule has 0 aliphatic rings. The highest BCUT2D eigenvalue weighted by Gasteiger charge is 2.18.